The third kappa shape index (κ3) is 5.01. The van der Waals surface area contributed by atoms with Crippen LogP contribution in [0.25, 0.3) is 5.65 Å². The van der Waals surface area contributed by atoms with Crippen LogP contribution in [0.5, 0.6) is 0 Å². The number of carboxylic acids is 1. The zero-order chi connectivity index (χ0) is 26.7. The number of hydrogen-bond acceptors (Lipinski definition) is 6. The zero-order valence-electron chi connectivity index (χ0n) is 21.7. The predicted molar refractivity (Wildman–Crippen MR) is 138 cm³/mol. The van der Waals surface area contributed by atoms with Gasteiger partial charge in [0.15, 0.2) is 11.1 Å². The smallest absolute Gasteiger partial charge is 0.319 e. The van der Waals surface area contributed by atoms with E-state index in [0.717, 1.165) is 31.4 Å². The molecule has 2 atom stereocenters. The topological polar surface area (TPSA) is 144 Å². The molecular formula is C27H35N7O4. The second kappa shape index (κ2) is 10.9. The molecule has 2 fully saturated rings. The molecule has 0 unspecified atom stereocenters. The van der Waals surface area contributed by atoms with Crippen LogP contribution in [0.3, 0.4) is 0 Å². The van der Waals surface area contributed by atoms with Gasteiger partial charge in [0.25, 0.3) is 5.91 Å². The quantitative estimate of drug-likeness (QED) is 0.305. The first-order valence-corrected chi connectivity index (χ1v) is 13.6. The molecule has 0 aromatic carbocycles. The summed E-state index contributed by atoms with van der Waals surface area (Å²) >= 11 is 0. The number of aryl methyl sites for hydroxylation is 1. The molecule has 3 aromatic heterocycles. The van der Waals surface area contributed by atoms with Gasteiger partial charge in [-0.2, -0.15) is 10.2 Å². The van der Waals surface area contributed by atoms with E-state index in [2.05, 4.69) is 20.8 Å². The van der Waals surface area contributed by atoms with Crippen LogP contribution in [0.4, 0.5) is 0 Å². The molecule has 0 spiro atoms. The highest BCUT2D eigenvalue weighted by atomic mass is 16.4. The van der Waals surface area contributed by atoms with Gasteiger partial charge >= 0.3 is 5.97 Å². The van der Waals surface area contributed by atoms with E-state index in [4.69, 9.17) is 4.98 Å². The summed E-state index contributed by atoms with van der Waals surface area (Å²) in [6.07, 6.45) is 12.6. The van der Waals surface area contributed by atoms with E-state index in [-0.39, 0.29) is 30.7 Å². The van der Waals surface area contributed by atoms with Crippen LogP contribution in [-0.2, 0) is 22.6 Å². The minimum absolute atomic E-state index is 0.0453. The molecule has 4 heterocycles. The lowest BCUT2D eigenvalue weighted by Crippen LogP contribution is -2.52. The van der Waals surface area contributed by atoms with Gasteiger partial charge in [-0.1, -0.05) is 25.7 Å². The fourth-order valence-electron chi connectivity index (χ4n) is 5.92. The average molecular weight is 522 g/mol. The molecule has 38 heavy (non-hydrogen) atoms. The lowest BCUT2D eigenvalue weighted by molar-refractivity contribution is -0.158. The Morgan fingerprint density at radius 3 is 2.71 bits per heavy atom. The van der Waals surface area contributed by atoms with Crippen LogP contribution in [0.15, 0.2) is 30.7 Å². The highest BCUT2D eigenvalue weighted by molar-refractivity contribution is 6.02. The molecule has 5 rings (SSSR count). The third-order valence-electron chi connectivity index (χ3n) is 8.04. The van der Waals surface area contributed by atoms with Crippen molar-refractivity contribution in [3.05, 3.63) is 47.7 Å². The molecule has 0 bridgehead atoms. The molecule has 1 aliphatic carbocycles. The number of aliphatic carboxylic acids is 1. The molecule has 2 amide bonds. The number of piperidine rings is 1. The number of amides is 2. The first-order chi connectivity index (χ1) is 18.4. The number of carbonyl (C=O) groups excluding carboxylic acids is 2. The van der Waals surface area contributed by atoms with Crippen molar-refractivity contribution in [1.82, 2.24) is 35.0 Å². The van der Waals surface area contributed by atoms with Crippen molar-refractivity contribution < 1.29 is 19.5 Å². The minimum Gasteiger partial charge on any atom is -0.480 e. The van der Waals surface area contributed by atoms with Gasteiger partial charge in [0.2, 0.25) is 5.91 Å². The zero-order valence-corrected chi connectivity index (χ0v) is 21.7. The second-order valence-electron chi connectivity index (χ2n) is 10.5. The Morgan fingerprint density at radius 2 is 2.00 bits per heavy atom. The van der Waals surface area contributed by atoms with E-state index in [0.29, 0.717) is 36.4 Å². The van der Waals surface area contributed by atoms with E-state index in [1.807, 2.05) is 13.1 Å². The summed E-state index contributed by atoms with van der Waals surface area (Å²) in [5, 5.41) is 24.6. The Bertz CT molecular complexity index is 1320. The van der Waals surface area contributed by atoms with Crippen molar-refractivity contribution in [3.63, 3.8) is 0 Å². The van der Waals surface area contributed by atoms with E-state index in [1.54, 1.807) is 33.7 Å². The number of fused-ring (bicyclic) bond motifs is 1. The molecular weight excluding hydrogens is 486 g/mol. The lowest BCUT2D eigenvalue weighted by atomic mass is 9.75. The molecule has 1 aliphatic heterocycles. The normalized spacial score (nSPS) is 21.6. The predicted octanol–water partition coefficient (Wildman–Crippen LogP) is 2.91. The van der Waals surface area contributed by atoms with Crippen molar-refractivity contribution in [2.24, 2.45) is 11.3 Å². The van der Waals surface area contributed by atoms with Crippen molar-refractivity contribution in [3.8, 4) is 0 Å². The molecule has 11 heteroatoms. The summed E-state index contributed by atoms with van der Waals surface area (Å²) in [4.78, 5) is 42.9. The number of carbonyl (C=O) groups is 3. The van der Waals surface area contributed by atoms with Crippen LogP contribution >= 0.6 is 0 Å². The maximum atomic E-state index is 13.3. The molecule has 0 radical (unpaired) electrons. The van der Waals surface area contributed by atoms with Gasteiger partial charge in [-0.25, -0.2) is 9.50 Å². The molecule has 3 aromatic rings. The van der Waals surface area contributed by atoms with Crippen molar-refractivity contribution in [2.45, 2.75) is 77.3 Å². The first kappa shape index (κ1) is 25.9. The maximum absolute atomic E-state index is 13.3. The fraction of sp³-hybridized carbons (Fsp3) is 0.556. The minimum atomic E-state index is -1.51. The maximum Gasteiger partial charge on any atom is 0.319 e. The monoisotopic (exact) mass is 521 g/mol. The van der Waals surface area contributed by atoms with Crippen LogP contribution in [0.1, 0.15) is 86.1 Å². The summed E-state index contributed by atoms with van der Waals surface area (Å²) in [5.74, 6) is -1.52. The van der Waals surface area contributed by atoms with E-state index in [9.17, 15) is 19.5 Å². The summed E-state index contributed by atoms with van der Waals surface area (Å²) in [6, 6.07) is 3.22. The van der Waals surface area contributed by atoms with Crippen LogP contribution in [-0.4, -0.2) is 53.8 Å². The van der Waals surface area contributed by atoms with E-state index in [1.165, 1.54) is 12.8 Å². The summed E-state index contributed by atoms with van der Waals surface area (Å²) in [6.45, 7) is 3.03. The number of hydrogen-bond donors (Lipinski definition) is 3. The number of nitrogens with zero attached hydrogens (tertiary/aromatic N) is 5. The van der Waals surface area contributed by atoms with Crippen LogP contribution in [0, 0.1) is 11.3 Å². The SMILES string of the molecule is CCn1nccc1C(=O)N[C@H](c1cn2ncc(C[C@@]3(C(=O)O)CCCNC3=O)cc2n1)C1CCCCCC1. The van der Waals surface area contributed by atoms with Crippen LogP contribution < -0.4 is 10.6 Å². The van der Waals surface area contributed by atoms with Gasteiger partial charge in [0, 0.05) is 19.3 Å². The largest absolute Gasteiger partial charge is 0.480 e. The van der Waals surface area contributed by atoms with Gasteiger partial charge in [-0.3, -0.25) is 19.1 Å². The molecule has 1 saturated heterocycles. The van der Waals surface area contributed by atoms with Crippen LogP contribution in [0.2, 0.25) is 0 Å². The van der Waals surface area contributed by atoms with E-state index < -0.39 is 17.3 Å². The van der Waals surface area contributed by atoms with Gasteiger partial charge in [0.1, 0.15) is 5.69 Å². The van der Waals surface area contributed by atoms with Crippen molar-refractivity contribution in [2.75, 3.05) is 6.54 Å². The van der Waals surface area contributed by atoms with Gasteiger partial charge < -0.3 is 15.7 Å². The summed E-state index contributed by atoms with van der Waals surface area (Å²) < 4.78 is 3.33. The van der Waals surface area contributed by atoms with E-state index >= 15 is 0 Å². The number of carboxylic acid groups (broad SMARTS) is 1. The molecule has 3 N–H and O–H groups in total. The first-order valence-electron chi connectivity index (χ1n) is 13.6. The van der Waals surface area contributed by atoms with Gasteiger partial charge in [-0.05, 0) is 62.6 Å². The molecule has 1 saturated carbocycles. The number of aromatic nitrogens is 5. The van der Waals surface area contributed by atoms with Gasteiger partial charge in [-0.15, -0.1) is 0 Å². The molecule has 2 aliphatic rings. The number of rotatable bonds is 8. The Labute approximate surface area is 221 Å². The Hall–Kier alpha value is -3.76. The molecule has 202 valence electrons. The Morgan fingerprint density at radius 1 is 1.21 bits per heavy atom. The summed E-state index contributed by atoms with van der Waals surface area (Å²) in [5.41, 5.74) is 0.921. The fourth-order valence-corrected chi connectivity index (χ4v) is 5.92. The third-order valence-corrected chi connectivity index (χ3v) is 8.04. The Kier molecular flexibility index (Phi) is 7.44. The Balaban J connectivity index is 1.45. The average Bonchev–Trinajstić information content (AvgIpc) is 3.47. The summed E-state index contributed by atoms with van der Waals surface area (Å²) in [7, 11) is 0. The standard InChI is InChI=1S/C27H35N7O4/c1-2-33-21(10-13-29-33)24(35)32-23(19-8-5-3-4-6-9-19)20-17-34-22(31-20)14-18(16-30-34)15-27(26(37)38)11-7-12-28-25(27)36/h10,13-14,16-17,19,23H,2-9,11-12,15H2,1H3,(H,28,36)(H,32,35)(H,37,38)/t23-,27-/m0/s1. The number of imidazole rings is 1. The van der Waals surface area contributed by atoms with Crippen molar-refractivity contribution in [1.29, 1.82) is 0 Å². The lowest BCUT2D eigenvalue weighted by Gasteiger charge is -2.32. The highest BCUT2D eigenvalue weighted by Gasteiger charge is 2.47. The van der Waals surface area contributed by atoms with Crippen molar-refractivity contribution >= 4 is 23.4 Å². The number of nitrogens with one attached hydrogen (secondary N) is 2. The molecule has 11 nitrogen and oxygen atoms in total. The highest BCUT2D eigenvalue weighted by Crippen LogP contribution is 2.35. The van der Waals surface area contributed by atoms with Gasteiger partial charge in [0.05, 0.1) is 24.1 Å². The second-order valence-corrected chi connectivity index (χ2v) is 10.5.